The third kappa shape index (κ3) is 2.66. The predicted molar refractivity (Wildman–Crippen MR) is 73.5 cm³/mol. The summed E-state index contributed by atoms with van der Waals surface area (Å²) in [4.78, 5) is 16.5. The van der Waals surface area contributed by atoms with Crippen molar-refractivity contribution in [2.24, 2.45) is 23.0 Å². The molecule has 5 nitrogen and oxygen atoms in total. The number of anilines is 1. The highest BCUT2D eigenvalue weighted by molar-refractivity contribution is 5.91. The first-order valence-electron chi connectivity index (χ1n) is 6.81. The number of hydrogen-bond donors (Lipinski definition) is 2. The molecule has 3 atom stereocenters. The fourth-order valence-corrected chi connectivity index (χ4v) is 2.92. The summed E-state index contributed by atoms with van der Waals surface area (Å²) in [5.41, 5.74) is 6.75. The van der Waals surface area contributed by atoms with Crippen molar-refractivity contribution >= 4 is 11.9 Å². The molecule has 0 spiro atoms. The molecule has 1 heterocycles. The Bertz CT molecular complexity index is 467. The van der Waals surface area contributed by atoms with Crippen molar-refractivity contribution in [3.8, 4) is 0 Å². The van der Waals surface area contributed by atoms with Crippen LogP contribution in [-0.2, 0) is 4.79 Å². The molecule has 1 aromatic heterocycles. The summed E-state index contributed by atoms with van der Waals surface area (Å²) in [7, 11) is 0. The molecule has 1 aliphatic carbocycles. The molecule has 0 saturated heterocycles. The first kappa shape index (κ1) is 14.1. The summed E-state index contributed by atoms with van der Waals surface area (Å²) in [6.45, 7) is 8.17. The summed E-state index contributed by atoms with van der Waals surface area (Å²) in [6.07, 6.45) is 3.22. The van der Waals surface area contributed by atoms with Gasteiger partial charge in [-0.2, -0.15) is 4.98 Å². The van der Waals surface area contributed by atoms with Crippen molar-refractivity contribution in [3.05, 3.63) is 12.0 Å². The SMILES string of the molecule is Cc1coc(NC(=O)C2CCC(N)C(C)C2(C)C)n1. The van der Waals surface area contributed by atoms with Crippen molar-refractivity contribution in [1.82, 2.24) is 4.98 Å². The lowest BCUT2D eigenvalue weighted by molar-refractivity contribution is -0.127. The molecule has 0 bridgehead atoms. The number of aryl methyl sites for hydroxylation is 1. The normalized spacial score (nSPS) is 30.1. The first-order valence-corrected chi connectivity index (χ1v) is 6.81. The van der Waals surface area contributed by atoms with Crippen LogP contribution in [0.4, 0.5) is 6.01 Å². The Balaban J connectivity index is 2.10. The van der Waals surface area contributed by atoms with Crippen LogP contribution >= 0.6 is 0 Å². The minimum absolute atomic E-state index is 0.0226. The number of hydrogen-bond acceptors (Lipinski definition) is 4. The lowest BCUT2D eigenvalue weighted by Crippen LogP contribution is -2.50. The van der Waals surface area contributed by atoms with Crippen LogP contribution < -0.4 is 11.1 Å². The van der Waals surface area contributed by atoms with Gasteiger partial charge in [0.05, 0.1) is 5.69 Å². The number of rotatable bonds is 2. The Morgan fingerprint density at radius 1 is 1.53 bits per heavy atom. The van der Waals surface area contributed by atoms with Gasteiger partial charge in [-0.3, -0.25) is 10.1 Å². The van der Waals surface area contributed by atoms with E-state index < -0.39 is 0 Å². The molecule has 0 radical (unpaired) electrons. The zero-order valence-corrected chi connectivity index (χ0v) is 12.1. The minimum atomic E-state index is -0.122. The van der Waals surface area contributed by atoms with Crippen LogP contribution in [-0.4, -0.2) is 16.9 Å². The molecular weight excluding hydrogens is 242 g/mol. The van der Waals surface area contributed by atoms with Gasteiger partial charge in [0.1, 0.15) is 6.26 Å². The Morgan fingerprint density at radius 2 is 2.21 bits per heavy atom. The second-order valence-corrected chi connectivity index (χ2v) is 6.19. The van der Waals surface area contributed by atoms with E-state index >= 15 is 0 Å². The van der Waals surface area contributed by atoms with Crippen molar-refractivity contribution in [2.45, 2.75) is 46.6 Å². The number of carbonyl (C=O) groups excluding carboxylic acids is 1. The van der Waals surface area contributed by atoms with E-state index in [4.69, 9.17) is 10.2 Å². The summed E-state index contributed by atoms with van der Waals surface area (Å²) in [5, 5.41) is 2.77. The molecular formula is C14H23N3O2. The zero-order chi connectivity index (χ0) is 14.2. The molecule has 0 aromatic carbocycles. The molecule has 2 rings (SSSR count). The Kier molecular flexibility index (Phi) is 3.67. The van der Waals surface area contributed by atoms with E-state index in [9.17, 15) is 4.79 Å². The van der Waals surface area contributed by atoms with Crippen LogP contribution in [0.1, 0.15) is 39.3 Å². The highest BCUT2D eigenvalue weighted by Crippen LogP contribution is 2.44. The Labute approximate surface area is 114 Å². The second-order valence-electron chi connectivity index (χ2n) is 6.19. The molecule has 19 heavy (non-hydrogen) atoms. The average molecular weight is 265 g/mol. The summed E-state index contributed by atoms with van der Waals surface area (Å²) in [6, 6.07) is 0.448. The minimum Gasteiger partial charge on any atom is -0.432 e. The third-order valence-corrected chi connectivity index (χ3v) is 4.67. The number of aromatic nitrogens is 1. The van der Waals surface area contributed by atoms with Gasteiger partial charge >= 0.3 is 6.01 Å². The van der Waals surface area contributed by atoms with E-state index in [1.54, 1.807) is 0 Å². The molecule has 1 aliphatic rings. The highest BCUT2D eigenvalue weighted by Gasteiger charge is 2.45. The van der Waals surface area contributed by atoms with Gasteiger partial charge in [0.2, 0.25) is 5.91 Å². The van der Waals surface area contributed by atoms with E-state index in [0.29, 0.717) is 5.92 Å². The van der Waals surface area contributed by atoms with Gasteiger partial charge < -0.3 is 10.2 Å². The molecule has 1 fully saturated rings. The van der Waals surface area contributed by atoms with Crippen molar-refractivity contribution < 1.29 is 9.21 Å². The molecule has 3 unspecified atom stereocenters. The molecule has 106 valence electrons. The Hall–Kier alpha value is -1.36. The van der Waals surface area contributed by atoms with Crippen LogP contribution in [0.2, 0.25) is 0 Å². The number of amides is 1. The average Bonchev–Trinajstić information content (AvgIpc) is 2.71. The number of nitrogens with zero attached hydrogens (tertiary/aromatic N) is 1. The molecule has 3 N–H and O–H groups in total. The zero-order valence-electron chi connectivity index (χ0n) is 12.1. The monoisotopic (exact) mass is 265 g/mol. The number of nitrogens with two attached hydrogens (primary N) is 1. The maximum atomic E-state index is 12.4. The first-order chi connectivity index (χ1) is 8.82. The van der Waals surface area contributed by atoms with Crippen LogP contribution in [0, 0.1) is 24.2 Å². The lowest BCUT2D eigenvalue weighted by Gasteiger charge is -2.45. The third-order valence-electron chi connectivity index (χ3n) is 4.67. The number of nitrogens with one attached hydrogen (secondary N) is 1. The van der Waals surface area contributed by atoms with Gasteiger partial charge in [0.15, 0.2) is 0 Å². The van der Waals surface area contributed by atoms with Crippen molar-refractivity contribution in [1.29, 1.82) is 0 Å². The molecule has 5 heteroatoms. The van der Waals surface area contributed by atoms with E-state index in [1.807, 2.05) is 6.92 Å². The van der Waals surface area contributed by atoms with Crippen LogP contribution in [0.25, 0.3) is 0 Å². The second kappa shape index (κ2) is 4.96. The summed E-state index contributed by atoms with van der Waals surface area (Å²) in [5.74, 6) is 0.225. The lowest BCUT2D eigenvalue weighted by atomic mass is 9.61. The topological polar surface area (TPSA) is 81.2 Å². The summed E-state index contributed by atoms with van der Waals surface area (Å²) < 4.78 is 5.17. The predicted octanol–water partition coefficient (Wildman–Crippen LogP) is 2.32. The maximum Gasteiger partial charge on any atom is 0.301 e. The quantitative estimate of drug-likeness (QED) is 0.859. The van der Waals surface area contributed by atoms with Crippen molar-refractivity contribution in [2.75, 3.05) is 5.32 Å². The highest BCUT2D eigenvalue weighted by atomic mass is 16.4. The van der Waals surface area contributed by atoms with Crippen LogP contribution in [0.15, 0.2) is 10.7 Å². The van der Waals surface area contributed by atoms with Crippen molar-refractivity contribution in [3.63, 3.8) is 0 Å². The van der Waals surface area contributed by atoms with E-state index in [-0.39, 0.29) is 29.3 Å². The van der Waals surface area contributed by atoms with Gasteiger partial charge in [-0.05, 0) is 31.1 Å². The van der Waals surface area contributed by atoms with Gasteiger partial charge in [-0.1, -0.05) is 20.8 Å². The van der Waals surface area contributed by atoms with Crippen LogP contribution in [0.5, 0.6) is 0 Å². The van der Waals surface area contributed by atoms with Crippen LogP contribution in [0.3, 0.4) is 0 Å². The Morgan fingerprint density at radius 3 is 2.79 bits per heavy atom. The van der Waals surface area contributed by atoms with E-state index in [2.05, 4.69) is 31.1 Å². The number of carbonyl (C=O) groups is 1. The van der Waals surface area contributed by atoms with Gasteiger partial charge in [0, 0.05) is 12.0 Å². The van der Waals surface area contributed by atoms with E-state index in [0.717, 1.165) is 18.5 Å². The molecule has 1 aromatic rings. The van der Waals surface area contributed by atoms with Gasteiger partial charge in [-0.15, -0.1) is 0 Å². The van der Waals surface area contributed by atoms with E-state index in [1.165, 1.54) is 6.26 Å². The van der Waals surface area contributed by atoms with Gasteiger partial charge in [0.25, 0.3) is 0 Å². The van der Waals surface area contributed by atoms with Gasteiger partial charge in [-0.25, -0.2) is 0 Å². The molecule has 1 amide bonds. The smallest absolute Gasteiger partial charge is 0.301 e. The molecule has 1 saturated carbocycles. The number of oxazole rings is 1. The maximum absolute atomic E-state index is 12.4. The largest absolute Gasteiger partial charge is 0.432 e. The fourth-order valence-electron chi connectivity index (χ4n) is 2.92. The summed E-state index contributed by atoms with van der Waals surface area (Å²) >= 11 is 0. The standard InChI is InChI=1S/C14H23N3O2/c1-8-7-19-13(16-8)17-12(18)10-5-6-11(15)9(2)14(10,3)4/h7,9-11H,5-6,15H2,1-4H3,(H,16,17,18). The molecule has 0 aliphatic heterocycles. The fraction of sp³-hybridized carbons (Fsp3) is 0.714.